The van der Waals surface area contributed by atoms with Crippen molar-refractivity contribution >= 4 is 17.9 Å². The van der Waals surface area contributed by atoms with Gasteiger partial charge in [-0.2, -0.15) is 0 Å². The molecular weight excluding hydrogens is 853 g/mol. The minimum atomic E-state index is -0.790. The monoisotopic (exact) mass is 957 g/mol. The van der Waals surface area contributed by atoms with Crippen LogP contribution in [0.2, 0.25) is 0 Å². The average Bonchev–Trinajstić information content (AvgIpc) is 3.35. The molecule has 6 nitrogen and oxygen atoms in total. The van der Waals surface area contributed by atoms with E-state index in [1.54, 1.807) is 0 Å². The van der Waals surface area contributed by atoms with Gasteiger partial charge in [0, 0.05) is 19.3 Å². The highest BCUT2D eigenvalue weighted by Crippen LogP contribution is 2.14. The van der Waals surface area contributed by atoms with E-state index < -0.39 is 6.10 Å². The number of carbonyl (C=O) groups excluding carboxylic acids is 3. The predicted molar refractivity (Wildman–Crippen MR) is 297 cm³/mol. The fourth-order valence-electron chi connectivity index (χ4n) is 7.44. The Bertz CT molecular complexity index is 1420. The van der Waals surface area contributed by atoms with Gasteiger partial charge in [0.1, 0.15) is 13.2 Å². The van der Waals surface area contributed by atoms with E-state index in [1.165, 1.54) is 83.5 Å². The van der Waals surface area contributed by atoms with Crippen LogP contribution in [0.25, 0.3) is 0 Å². The molecule has 392 valence electrons. The van der Waals surface area contributed by atoms with E-state index in [1.807, 2.05) is 0 Å². The minimum Gasteiger partial charge on any atom is -0.462 e. The summed E-state index contributed by atoms with van der Waals surface area (Å²) in [6, 6.07) is 0. The van der Waals surface area contributed by atoms with Gasteiger partial charge in [0.15, 0.2) is 6.10 Å². The first-order valence-electron chi connectivity index (χ1n) is 28.4. The van der Waals surface area contributed by atoms with Crippen molar-refractivity contribution in [3.63, 3.8) is 0 Å². The molecule has 0 aliphatic carbocycles. The second-order valence-corrected chi connectivity index (χ2v) is 18.5. The first-order valence-corrected chi connectivity index (χ1v) is 28.4. The van der Waals surface area contributed by atoms with E-state index in [4.69, 9.17) is 14.2 Å². The van der Waals surface area contributed by atoms with Crippen LogP contribution in [0.1, 0.15) is 252 Å². The second-order valence-electron chi connectivity index (χ2n) is 18.5. The predicted octanol–water partition coefficient (Wildman–Crippen LogP) is 19.1. The SMILES string of the molecule is CC/C=C\C/C=C\C/C=C\C/C=C\C/C=C\C/C=C\C/C=C\CCCCCCCCCC(=O)OCC(COC(=O)CCCCCCC/C=C\CCCC)OC(=O)CCCCCCC/C=C\CCCC. The van der Waals surface area contributed by atoms with Gasteiger partial charge in [-0.25, -0.2) is 0 Å². The summed E-state index contributed by atoms with van der Waals surface area (Å²) in [5.41, 5.74) is 0. The van der Waals surface area contributed by atoms with Crippen molar-refractivity contribution in [2.24, 2.45) is 0 Å². The molecule has 0 aromatic heterocycles. The molecule has 0 rings (SSSR count). The van der Waals surface area contributed by atoms with E-state index in [0.717, 1.165) is 128 Å². The lowest BCUT2D eigenvalue weighted by Gasteiger charge is -2.18. The molecule has 0 aliphatic rings. The zero-order valence-corrected chi connectivity index (χ0v) is 44.8. The van der Waals surface area contributed by atoms with Gasteiger partial charge in [0.2, 0.25) is 0 Å². The van der Waals surface area contributed by atoms with Crippen LogP contribution < -0.4 is 0 Å². The molecule has 0 N–H and O–H groups in total. The Morgan fingerprint density at radius 1 is 0.304 bits per heavy atom. The lowest BCUT2D eigenvalue weighted by Crippen LogP contribution is -2.30. The normalized spacial score (nSPS) is 12.9. The lowest BCUT2D eigenvalue weighted by molar-refractivity contribution is -0.167. The average molecular weight is 958 g/mol. The molecule has 1 atom stereocenters. The standard InChI is InChI=1S/C63H104O6/c1-4-7-10-13-16-19-22-23-24-25-26-27-28-29-30-31-32-33-34-35-36-37-38-39-42-44-47-50-53-56-62(65)68-59-60(69-63(66)57-54-51-48-45-41-21-18-15-12-9-6-3)58-67-61(64)55-52-49-46-43-40-20-17-14-11-8-5-2/h7,10,14-19,23-24,26-27,29-30,32-33,35-36,60H,4-6,8-9,11-13,20-22,25,28,31,34,37-59H2,1-3H3/b10-7-,17-14-,18-15-,19-16-,24-23-,27-26-,30-29-,33-32-,36-35-. The van der Waals surface area contributed by atoms with Gasteiger partial charge >= 0.3 is 17.9 Å². The van der Waals surface area contributed by atoms with Crippen molar-refractivity contribution in [2.45, 2.75) is 258 Å². The number of allylic oxidation sites excluding steroid dienone is 18. The van der Waals surface area contributed by atoms with Crippen molar-refractivity contribution in [1.82, 2.24) is 0 Å². The van der Waals surface area contributed by atoms with Crippen molar-refractivity contribution in [2.75, 3.05) is 13.2 Å². The van der Waals surface area contributed by atoms with E-state index in [9.17, 15) is 14.4 Å². The Morgan fingerprint density at radius 2 is 0.565 bits per heavy atom. The van der Waals surface area contributed by atoms with Crippen LogP contribution in [0.3, 0.4) is 0 Å². The third kappa shape index (κ3) is 54.9. The van der Waals surface area contributed by atoms with Gasteiger partial charge in [-0.05, 0) is 116 Å². The number of hydrogen-bond donors (Lipinski definition) is 0. The maximum absolute atomic E-state index is 12.8. The van der Waals surface area contributed by atoms with Crippen LogP contribution >= 0.6 is 0 Å². The molecule has 0 amide bonds. The summed E-state index contributed by atoms with van der Waals surface area (Å²) in [5, 5.41) is 0. The molecule has 0 aliphatic heterocycles. The summed E-state index contributed by atoms with van der Waals surface area (Å²) in [6.07, 6.45) is 76.6. The van der Waals surface area contributed by atoms with E-state index in [-0.39, 0.29) is 31.1 Å². The smallest absolute Gasteiger partial charge is 0.306 e. The molecule has 0 aromatic carbocycles. The van der Waals surface area contributed by atoms with Crippen molar-refractivity contribution in [3.05, 3.63) is 109 Å². The van der Waals surface area contributed by atoms with E-state index in [0.29, 0.717) is 19.3 Å². The highest BCUT2D eigenvalue weighted by atomic mass is 16.6. The summed E-state index contributed by atoms with van der Waals surface area (Å²) in [5.74, 6) is -0.923. The van der Waals surface area contributed by atoms with Crippen LogP contribution in [-0.4, -0.2) is 37.2 Å². The zero-order chi connectivity index (χ0) is 50.0. The van der Waals surface area contributed by atoms with Crippen molar-refractivity contribution in [1.29, 1.82) is 0 Å². The quantitative estimate of drug-likeness (QED) is 0.0262. The third-order valence-corrected chi connectivity index (χ3v) is 11.7. The van der Waals surface area contributed by atoms with Crippen LogP contribution in [-0.2, 0) is 28.6 Å². The number of unbranched alkanes of at least 4 members (excludes halogenated alkanes) is 21. The molecule has 0 saturated heterocycles. The van der Waals surface area contributed by atoms with Gasteiger partial charge < -0.3 is 14.2 Å². The van der Waals surface area contributed by atoms with E-state index >= 15 is 0 Å². The number of rotatable bonds is 50. The molecule has 1 unspecified atom stereocenters. The summed E-state index contributed by atoms with van der Waals surface area (Å²) >= 11 is 0. The molecule has 0 radical (unpaired) electrons. The van der Waals surface area contributed by atoms with Gasteiger partial charge in [0.25, 0.3) is 0 Å². The molecule has 0 aromatic rings. The summed E-state index contributed by atoms with van der Waals surface area (Å²) in [6.45, 7) is 6.41. The van der Waals surface area contributed by atoms with Gasteiger partial charge in [-0.1, -0.05) is 226 Å². The molecule has 0 fully saturated rings. The van der Waals surface area contributed by atoms with E-state index in [2.05, 4.69) is 130 Å². The van der Waals surface area contributed by atoms with Crippen LogP contribution in [0.5, 0.6) is 0 Å². The molecule has 69 heavy (non-hydrogen) atoms. The topological polar surface area (TPSA) is 78.9 Å². The summed E-state index contributed by atoms with van der Waals surface area (Å²) in [7, 11) is 0. The van der Waals surface area contributed by atoms with Crippen molar-refractivity contribution < 1.29 is 28.6 Å². The fraction of sp³-hybridized carbons (Fsp3) is 0.667. The molecule has 0 spiro atoms. The highest BCUT2D eigenvalue weighted by molar-refractivity contribution is 5.71. The van der Waals surface area contributed by atoms with Crippen LogP contribution in [0, 0.1) is 0 Å². The van der Waals surface area contributed by atoms with Crippen LogP contribution in [0.4, 0.5) is 0 Å². The number of esters is 3. The van der Waals surface area contributed by atoms with Gasteiger partial charge in [0.05, 0.1) is 0 Å². The van der Waals surface area contributed by atoms with Gasteiger partial charge in [-0.3, -0.25) is 14.4 Å². The minimum absolute atomic E-state index is 0.0900. The Labute approximate surface area is 425 Å². The Hall–Kier alpha value is -3.93. The largest absolute Gasteiger partial charge is 0.462 e. The first-order chi connectivity index (χ1) is 34.0. The number of ether oxygens (including phenoxy) is 3. The zero-order valence-electron chi connectivity index (χ0n) is 44.8. The summed E-state index contributed by atoms with van der Waals surface area (Å²) < 4.78 is 16.8. The number of carbonyl (C=O) groups is 3. The molecule has 6 heteroatoms. The molecule has 0 heterocycles. The lowest BCUT2D eigenvalue weighted by atomic mass is 10.1. The summed E-state index contributed by atoms with van der Waals surface area (Å²) in [4.78, 5) is 38.0. The molecule has 0 bridgehead atoms. The van der Waals surface area contributed by atoms with Gasteiger partial charge in [-0.15, -0.1) is 0 Å². The second kappa shape index (κ2) is 56.7. The Balaban J connectivity index is 4.25. The molecular formula is C63H104O6. The molecule has 0 saturated carbocycles. The third-order valence-electron chi connectivity index (χ3n) is 11.7. The maximum atomic E-state index is 12.8. The first kappa shape index (κ1) is 65.1. The Kier molecular flexibility index (Phi) is 53.4. The van der Waals surface area contributed by atoms with Crippen molar-refractivity contribution in [3.8, 4) is 0 Å². The number of hydrogen-bond acceptors (Lipinski definition) is 6. The Morgan fingerprint density at radius 3 is 0.899 bits per heavy atom. The van der Waals surface area contributed by atoms with Crippen LogP contribution in [0.15, 0.2) is 109 Å². The fourth-order valence-corrected chi connectivity index (χ4v) is 7.44. The maximum Gasteiger partial charge on any atom is 0.306 e. The highest BCUT2D eigenvalue weighted by Gasteiger charge is 2.19.